The number of amides is 3. The van der Waals surface area contributed by atoms with E-state index < -0.39 is 0 Å². The molecule has 5 nitrogen and oxygen atoms in total. The van der Waals surface area contributed by atoms with Crippen LogP contribution in [0.4, 0.5) is 10.5 Å². The molecule has 0 bridgehead atoms. The van der Waals surface area contributed by atoms with Gasteiger partial charge in [0, 0.05) is 42.5 Å². The van der Waals surface area contributed by atoms with Crippen molar-refractivity contribution in [2.75, 3.05) is 31.5 Å². The first-order valence-electron chi connectivity index (χ1n) is 8.20. The summed E-state index contributed by atoms with van der Waals surface area (Å²) in [6.45, 7) is 4.07. The molecule has 0 aliphatic carbocycles. The van der Waals surface area contributed by atoms with Crippen LogP contribution in [0.25, 0.3) is 0 Å². The Kier molecular flexibility index (Phi) is 5.24. The van der Waals surface area contributed by atoms with Crippen LogP contribution in [0, 0.1) is 6.92 Å². The molecule has 130 valence electrons. The fraction of sp³-hybridized carbons (Fsp3) is 0.263. The van der Waals surface area contributed by atoms with Crippen LogP contribution in [0.2, 0.25) is 5.02 Å². The molecule has 1 heterocycles. The summed E-state index contributed by atoms with van der Waals surface area (Å²) in [5.41, 5.74) is 2.51. The van der Waals surface area contributed by atoms with Crippen LogP contribution >= 0.6 is 11.6 Å². The Balaban J connectivity index is 1.54. The molecule has 2 aromatic carbocycles. The number of rotatable bonds is 2. The van der Waals surface area contributed by atoms with E-state index in [1.54, 1.807) is 34.1 Å². The van der Waals surface area contributed by atoms with Crippen molar-refractivity contribution >= 4 is 29.2 Å². The van der Waals surface area contributed by atoms with Crippen LogP contribution in [-0.2, 0) is 0 Å². The van der Waals surface area contributed by atoms with Crippen molar-refractivity contribution in [2.24, 2.45) is 0 Å². The van der Waals surface area contributed by atoms with Gasteiger partial charge in [-0.1, -0.05) is 29.3 Å². The van der Waals surface area contributed by atoms with Crippen molar-refractivity contribution in [1.29, 1.82) is 0 Å². The summed E-state index contributed by atoms with van der Waals surface area (Å²) in [7, 11) is 0. The molecule has 0 aromatic heterocycles. The van der Waals surface area contributed by atoms with Crippen LogP contribution in [-0.4, -0.2) is 47.9 Å². The number of anilines is 1. The fourth-order valence-corrected chi connectivity index (χ4v) is 2.85. The predicted molar refractivity (Wildman–Crippen MR) is 99.1 cm³/mol. The lowest BCUT2D eigenvalue weighted by Gasteiger charge is -2.34. The molecule has 1 aliphatic heterocycles. The van der Waals surface area contributed by atoms with E-state index >= 15 is 0 Å². The standard InChI is InChI=1S/C19H20ClN3O2/c1-14-2-4-15(5-3-14)18(24)22-10-12-23(13-11-22)19(25)21-17-8-6-16(20)7-9-17/h2-9H,10-13H2,1H3,(H,21,25). The molecule has 0 radical (unpaired) electrons. The maximum atomic E-state index is 12.5. The Bertz CT molecular complexity index is 751. The van der Waals surface area contributed by atoms with Crippen molar-refractivity contribution in [1.82, 2.24) is 9.80 Å². The number of carbonyl (C=O) groups excluding carboxylic acids is 2. The number of urea groups is 1. The molecule has 1 N–H and O–H groups in total. The van der Waals surface area contributed by atoms with Crippen LogP contribution in [0.15, 0.2) is 48.5 Å². The second-order valence-corrected chi connectivity index (χ2v) is 6.52. The first-order chi connectivity index (χ1) is 12.0. The highest BCUT2D eigenvalue weighted by Gasteiger charge is 2.24. The Hall–Kier alpha value is -2.53. The average molecular weight is 358 g/mol. The number of nitrogens with one attached hydrogen (secondary N) is 1. The molecular weight excluding hydrogens is 338 g/mol. The Morgan fingerprint density at radius 3 is 2.04 bits per heavy atom. The van der Waals surface area contributed by atoms with Gasteiger partial charge in [-0.05, 0) is 43.3 Å². The van der Waals surface area contributed by atoms with Gasteiger partial charge in [-0.3, -0.25) is 4.79 Å². The summed E-state index contributed by atoms with van der Waals surface area (Å²) in [5.74, 6) is 0.0118. The van der Waals surface area contributed by atoms with Gasteiger partial charge in [0.2, 0.25) is 0 Å². The van der Waals surface area contributed by atoms with Crippen molar-refractivity contribution in [3.8, 4) is 0 Å². The van der Waals surface area contributed by atoms with E-state index in [0.29, 0.717) is 42.5 Å². The molecule has 1 fully saturated rings. The number of halogens is 1. The fourth-order valence-electron chi connectivity index (χ4n) is 2.73. The molecule has 6 heteroatoms. The Morgan fingerprint density at radius 1 is 0.880 bits per heavy atom. The Labute approximate surface area is 152 Å². The molecule has 0 unspecified atom stereocenters. The molecule has 1 aliphatic rings. The third kappa shape index (κ3) is 4.31. The number of hydrogen-bond donors (Lipinski definition) is 1. The highest BCUT2D eigenvalue weighted by molar-refractivity contribution is 6.30. The topological polar surface area (TPSA) is 52.7 Å². The van der Waals surface area contributed by atoms with E-state index in [1.165, 1.54) is 0 Å². The zero-order chi connectivity index (χ0) is 17.8. The summed E-state index contributed by atoms with van der Waals surface area (Å²) in [4.78, 5) is 28.3. The van der Waals surface area contributed by atoms with Crippen LogP contribution in [0.3, 0.4) is 0 Å². The molecular formula is C19H20ClN3O2. The Morgan fingerprint density at radius 2 is 1.44 bits per heavy atom. The van der Waals surface area contributed by atoms with E-state index in [0.717, 1.165) is 5.56 Å². The largest absolute Gasteiger partial charge is 0.335 e. The molecule has 2 aromatic rings. The molecule has 0 spiro atoms. The smallest absolute Gasteiger partial charge is 0.321 e. The predicted octanol–water partition coefficient (Wildman–Crippen LogP) is 3.64. The summed E-state index contributed by atoms with van der Waals surface area (Å²) < 4.78 is 0. The van der Waals surface area contributed by atoms with Crippen molar-refractivity contribution in [3.63, 3.8) is 0 Å². The van der Waals surface area contributed by atoms with E-state index in [9.17, 15) is 9.59 Å². The molecule has 3 rings (SSSR count). The van der Waals surface area contributed by atoms with Crippen molar-refractivity contribution < 1.29 is 9.59 Å². The molecule has 3 amide bonds. The molecule has 0 atom stereocenters. The van der Waals surface area contributed by atoms with E-state index in [1.807, 2.05) is 31.2 Å². The van der Waals surface area contributed by atoms with E-state index in [4.69, 9.17) is 11.6 Å². The molecule has 1 saturated heterocycles. The van der Waals surface area contributed by atoms with Crippen molar-refractivity contribution in [3.05, 3.63) is 64.7 Å². The monoisotopic (exact) mass is 357 g/mol. The SMILES string of the molecule is Cc1ccc(C(=O)N2CCN(C(=O)Nc3ccc(Cl)cc3)CC2)cc1. The summed E-state index contributed by atoms with van der Waals surface area (Å²) in [6.07, 6.45) is 0. The minimum atomic E-state index is -0.162. The van der Waals surface area contributed by atoms with Gasteiger partial charge < -0.3 is 15.1 Å². The second-order valence-electron chi connectivity index (χ2n) is 6.08. The first-order valence-corrected chi connectivity index (χ1v) is 8.58. The van der Waals surface area contributed by atoms with Gasteiger partial charge in [-0.25, -0.2) is 4.79 Å². The summed E-state index contributed by atoms with van der Waals surface area (Å²) in [5, 5.41) is 3.47. The number of hydrogen-bond acceptors (Lipinski definition) is 2. The minimum Gasteiger partial charge on any atom is -0.335 e. The van der Waals surface area contributed by atoms with Gasteiger partial charge in [0.15, 0.2) is 0 Å². The van der Waals surface area contributed by atoms with Gasteiger partial charge in [0.25, 0.3) is 5.91 Å². The number of nitrogens with zero attached hydrogens (tertiary/aromatic N) is 2. The van der Waals surface area contributed by atoms with Gasteiger partial charge in [0.05, 0.1) is 0 Å². The van der Waals surface area contributed by atoms with Crippen LogP contribution in [0.1, 0.15) is 15.9 Å². The maximum Gasteiger partial charge on any atom is 0.321 e. The number of benzene rings is 2. The van der Waals surface area contributed by atoms with Gasteiger partial charge in [-0.15, -0.1) is 0 Å². The lowest BCUT2D eigenvalue weighted by atomic mass is 10.1. The third-order valence-electron chi connectivity index (χ3n) is 4.25. The molecule has 25 heavy (non-hydrogen) atoms. The zero-order valence-corrected chi connectivity index (χ0v) is 14.8. The minimum absolute atomic E-state index is 0.0118. The zero-order valence-electron chi connectivity index (χ0n) is 14.0. The lowest BCUT2D eigenvalue weighted by Crippen LogP contribution is -2.51. The summed E-state index contributed by atoms with van der Waals surface area (Å²) >= 11 is 5.84. The number of carbonyl (C=O) groups is 2. The quantitative estimate of drug-likeness (QED) is 0.892. The number of piperazine rings is 1. The highest BCUT2D eigenvalue weighted by atomic mass is 35.5. The van der Waals surface area contributed by atoms with Gasteiger partial charge in [-0.2, -0.15) is 0 Å². The second kappa shape index (κ2) is 7.57. The highest BCUT2D eigenvalue weighted by Crippen LogP contribution is 2.15. The molecule has 0 saturated carbocycles. The van der Waals surface area contributed by atoms with E-state index in [-0.39, 0.29) is 11.9 Å². The van der Waals surface area contributed by atoms with Crippen molar-refractivity contribution in [2.45, 2.75) is 6.92 Å². The average Bonchev–Trinajstić information content (AvgIpc) is 2.64. The normalized spacial score (nSPS) is 14.3. The van der Waals surface area contributed by atoms with Gasteiger partial charge >= 0.3 is 6.03 Å². The van der Waals surface area contributed by atoms with Gasteiger partial charge in [0.1, 0.15) is 0 Å². The van der Waals surface area contributed by atoms with Crippen LogP contribution < -0.4 is 5.32 Å². The number of aryl methyl sites for hydroxylation is 1. The van der Waals surface area contributed by atoms with Crippen LogP contribution in [0.5, 0.6) is 0 Å². The van der Waals surface area contributed by atoms with E-state index in [2.05, 4.69) is 5.32 Å². The lowest BCUT2D eigenvalue weighted by molar-refractivity contribution is 0.0671. The summed E-state index contributed by atoms with van der Waals surface area (Å²) in [6, 6.07) is 14.4. The maximum absolute atomic E-state index is 12.5. The third-order valence-corrected chi connectivity index (χ3v) is 4.50. The first kappa shape index (κ1) is 17.3.